The van der Waals surface area contributed by atoms with Gasteiger partial charge in [-0.3, -0.25) is 4.90 Å². The van der Waals surface area contributed by atoms with Crippen molar-refractivity contribution in [1.82, 2.24) is 4.90 Å². The molecule has 0 saturated carbocycles. The zero-order chi connectivity index (χ0) is 12.8. The summed E-state index contributed by atoms with van der Waals surface area (Å²) in [4.78, 5) is 2.16. The Morgan fingerprint density at radius 3 is 2.82 bits per heavy atom. The van der Waals surface area contributed by atoms with Crippen molar-refractivity contribution in [2.24, 2.45) is 0 Å². The van der Waals surface area contributed by atoms with E-state index in [4.69, 9.17) is 4.74 Å². The minimum Gasteiger partial charge on any atom is -0.508 e. The number of nitrogens with zero attached hydrogens (tertiary/aromatic N) is 1. The Labute approximate surface area is 112 Å². The number of benzene rings is 1. The first kappa shape index (κ1) is 14.5. The molecule has 4 heteroatoms. The molecule has 1 aromatic rings. The van der Waals surface area contributed by atoms with Crippen molar-refractivity contribution in [3.05, 3.63) is 28.2 Å². The molecule has 0 fully saturated rings. The van der Waals surface area contributed by atoms with E-state index in [0.717, 1.165) is 23.2 Å². The molecule has 0 amide bonds. The van der Waals surface area contributed by atoms with Crippen LogP contribution in [-0.4, -0.2) is 36.8 Å². The average molecular weight is 302 g/mol. The van der Waals surface area contributed by atoms with Crippen LogP contribution in [0.3, 0.4) is 0 Å². The van der Waals surface area contributed by atoms with Crippen LogP contribution in [0.1, 0.15) is 25.5 Å². The molecule has 1 unspecified atom stereocenters. The van der Waals surface area contributed by atoms with Gasteiger partial charge in [0.1, 0.15) is 5.75 Å². The van der Waals surface area contributed by atoms with Gasteiger partial charge in [-0.15, -0.1) is 0 Å². The van der Waals surface area contributed by atoms with Gasteiger partial charge in [-0.2, -0.15) is 0 Å². The number of hydrogen-bond acceptors (Lipinski definition) is 3. The molecule has 0 bridgehead atoms. The van der Waals surface area contributed by atoms with Gasteiger partial charge in [-0.1, -0.05) is 15.9 Å². The summed E-state index contributed by atoms with van der Waals surface area (Å²) < 4.78 is 6.31. The van der Waals surface area contributed by atoms with Crippen LogP contribution in [-0.2, 0) is 4.74 Å². The standard InChI is InChI=1S/C13H20BrNO2/c1-4-17-8-7-15(3)10(2)12-9-11(14)5-6-13(12)16/h5-6,9-10,16H,4,7-8H2,1-3H3. The Bertz CT molecular complexity index is 357. The van der Waals surface area contributed by atoms with E-state index in [1.807, 2.05) is 26.1 Å². The molecule has 0 spiro atoms. The van der Waals surface area contributed by atoms with Gasteiger partial charge in [-0.25, -0.2) is 0 Å². The number of aromatic hydroxyl groups is 1. The molecule has 0 heterocycles. The molecule has 0 radical (unpaired) electrons. The monoisotopic (exact) mass is 301 g/mol. The van der Waals surface area contributed by atoms with Gasteiger partial charge in [0.15, 0.2) is 0 Å². The van der Waals surface area contributed by atoms with Crippen molar-refractivity contribution in [3.63, 3.8) is 0 Å². The van der Waals surface area contributed by atoms with Crippen LogP contribution < -0.4 is 0 Å². The van der Waals surface area contributed by atoms with Crippen molar-refractivity contribution in [2.75, 3.05) is 26.8 Å². The highest BCUT2D eigenvalue weighted by Crippen LogP contribution is 2.30. The highest BCUT2D eigenvalue weighted by Gasteiger charge is 2.15. The predicted molar refractivity (Wildman–Crippen MR) is 73.3 cm³/mol. The van der Waals surface area contributed by atoms with Gasteiger partial charge in [-0.05, 0) is 39.1 Å². The molecule has 17 heavy (non-hydrogen) atoms. The molecule has 1 rings (SSSR count). The lowest BCUT2D eigenvalue weighted by molar-refractivity contribution is 0.110. The van der Waals surface area contributed by atoms with E-state index in [2.05, 4.69) is 27.8 Å². The van der Waals surface area contributed by atoms with E-state index < -0.39 is 0 Å². The summed E-state index contributed by atoms with van der Waals surface area (Å²) in [5, 5.41) is 9.85. The summed E-state index contributed by atoms with van der Waals surface area (Å²) in [6.45, 7) is 6.37. The Hall–Kier alpha value is -0.580. The number of likely N-dealkylation sites (N-methyl/N-ethyl adjacent to an activating group) is 1. The van der Waals surface area contributed by atoms with Gasteiger partial charge in [0, 0.05) is 29.2 Å². The molecular weight excluding hydrogens is 282 g/mol. The molecule has 0 aliphatic carbocycles. The fraction of sp³-hybridized carbons (Fsp3) is 0.538. The maximum absolute atomic E-state index is 9.85. The second kappa shape index (κ2) is 6.99. The fourth-order valence-electron chi connectivity index (χ4n) is 1.64. The molecule has 0 saturated heterocycles. The zero-order valence-electron chi connectivity index (χ0n) is 10.6. The Balaban J connectivity index is 2.67. The minimum absolute atomic E-state index is 0.160. The molecule has 3 nitrogen and oxygen atoms in total. The van der Waals surface area contributed by atoms with Gasteiger partial charge >= 0.3 is 0 Å². The van der Waals surface area contributed by atoms with Crippen molar-refractivity contribution in [2.45, 2.75) is 19.9 Å². The summed E-state index contributed by atoms with van der Waals surface area (Å²) >= 11 is 3.42. The van der Waals surface area contributed by atoms with Crippen molar-refractivity contribution >= 4 is 15.9 Å². The van der Waals surface area contributed by atoms with E-state index in [9.17, 15) is 5.11 Å². The average Bonchev–Trinajstić information content (AvgIpc) is 2.31. The maximum Gasteiger partial charge on any atom is 0.120 e. The predicted octanol–water partition coefficient (Wildman–Crippen LogP) is 3.18. The molecular formula is C13H20BrNO2. The third kappa shape index (κ3) is 4.30. The van der Waals surface area contributed by atoms with Gasteiger partial charge < -0.3 is 9.84 Å². The SMILES string of the molecule is CCOCCN(C)C(C)c1cc(Br)ccc1O. The molecule has 0 aromatic heterocycles. The Morgan fingerprint density at radius 2 is 2.18 bits per heavy atom. The highest BCUT2D eigenvalue weighted by atomic mass is 79.9. The summed E-state index contributed by atoms with van der Waals surface area (Å²) in [6.07, 6.45) is 0. The lowest BCUT2D eigenvalue weighted by Crippen LogP contribution is -2.26. The van der Waals surface area contributed by atoms with Crippen molar-refractivity contribution in [1.29, 1.82) is 0 Å². The number of ether oxygens (including phenoxy) is 1. The molecule has 1 N–H and O–H groups in total. The summed E-state index contributed by atoms with van der Waals surface area (Å²) in [5.74, 6) is 0.337. The second-order valence-electron chi connectivity index (χ2n) is 4.06. The number of phenolic OH excluding ortho intramolecular Hbond substituents is 1. The third-order valence-electron chi connectivity index (χ3n) is 2.89. The van der Waals surface area contributed by atoms with Gasteiger partial charge in [0.2, 0.25) is 0 Å². The zero-order valence-corrected chi connectivity index (χ0v) is 12.2. The third-order valence-corrected chi connectivity index (χ3v) is 3.39. The van der Waals surface area contributed by atoms with Gasteiger partial charge in [0.25, 0.3) is 0 Å². The number of rotatable bonds is 6. The lowest BCUT2D eigenvalue weighted by Gasteiger charge is -2.25. The molecule has 1 atom stereocenters. The number of halogens is 1. The first-order valence-electron chi connectivity index (χ1n) is 5.82. The van der Waals surface area contributed by atoms with Crippen LogP contribution in [0.4, 0.5) is 0 Å². The lowest BCUT2D eigenvalue weighted by atomic mass is 10.1. The van der Waals surface area contributed by atoms with Crippen molar-refractivity contribution < 1.29 is 9.84 Å². The van der Waals surface area contributed by atoms with Crippen LogP contribution in [0.5, 0.6) is 5.75 Å². The highest BCUT2D eigenvalue weighted by molar-refractivity contribution is 9.10. The largest absolute Gasteiger partial charge is 0.508 e. The fourth-order valence-corrected chi connectivity index (χ4v) is 2.02. The Morgan fingerprint density at radius 1 is 1.47 bits per heavy atom. The van der Waals surface area contributed by atoms with Crippen LogP contribution >= 0.6 is 15.9 Å². The van der Waals surface area contributed by atoms with E-state index in [0.29, 0.717) is 12.4 Å². The summed E-state index contributed by atoms with van der Waals surface area (Å²) in [7, 11) is 2.03. The van der Waals surface area contributed by atoms with Crippen LogP contribution in [0.2, 0.25) is 0 Å². The second-order valence-corrected chi connectivity index (χ2v) is 4.97. The smallest absolute Gasteiger partial charge is 0.120 e. The summed E-state index contributed by atoms with van der Waals surface area (Å²) in [5.41, 5.74) is 0.929. The van der Waals surface area contributed by atoms with Crippen LogP contribution in [0, 0.1) is 0 Å². The maximum atomic E-state index is 9.85. The van der Waals surface area contributed by atoms with E-state index >= 15 is 0 Å². The molecule has 0 aliphatic rings. The van der Waals surface area contributed by atoms with E-state index in [1.165, 1.54) is 0 Å². The molecule has 96 valence electrons. The Kier molecular flexibility index (Phi) is 5.95. The van der Waals surface area contributed by atoms with Crippen LogP contribution in [0.25, 0.3) is 0 Å². The minimum atomic E-state index is 0.160. The topological polar surface area (TPSA) is 32.7 Å². The summed E-state index contributed by atoms with van der Waals surface area (Å²) in [6, 6.07) is 5.67. The number of hydrogen-bond donors (Lipinski definition) is 1. The van der Waals surface area contributed by atoms with E-state index in [-0.39, 0.29) is 6.04 Å². The molecule has 0 aliphatic heterocycles. The van der Waals surface area contributed by atoms with E-state index in [1.54, 1.807) is 6.07 Å². The first-order valence-corrected chi connectivity index (χ1v) is 6.62. The van der Waals surface area contributed by atoms with Crippen LogP contribution in [0.15, 0.2) is 22.7 Å². The normalized spacial score (nSPS) is 13.0. The first-order chi connectivity index (χ1) is 8.06. The van der Waals surface area contributed by atoms with Gasteiger partial charge in [0.05, 0.1) is 6.61 Å². The van der Waals surface area contributed by atoms with Crippen molar-refractivity contribution in [3.8, 4) is 5.75 Å². The number of phenols is 1. The molecule has 1 aromatic carbocycles. The quantitative estimate of drug-likeness (QED) is 0.819.